The third-order valence-corrected chi connectivity index (χ3v) is 2.49. The summed E-state index contributed by atoms with van der Waals surface area (Å²) in [7, 11) is 0. The van der Waals surface area contributed by atoms with Gasteiger partial charge in [-0.1, -0.05) is 12.1 Å². The number of nitriles is 1. The highest BCUT2D eigenvalue weighted by Crippen LogP contribution is 2.22. The number of anilines is 1. The quantitative estimate of drug-likeness (QED) is 0.358. The van der Waals surface area contributed by atoms with Crippen LogP contribution in [0.3, 0.4) is 0 Å². The topological polar surface area (TPSA) is 153 Å². The van der Waals surface area contributed by atoms with Crippen LogP contribution in [-0.4, -0.2) is 32.2 Å². The Hall–Kier alpha value is -3.28. The van der Waals surface area contributed by atoms with Gasteiger partial charge in [0.1, 0.15) is 6.07 Å². The van der Waals surface area contributed by atoms with E-state index >= 15 is 0 Å². The summed E-state index contributed by atoms with van der Waals surface area (Å²) in [6.07, 6.45) is 0. The Bertz CT molecular complexity index is 693. The van der Waals surface area contributed by atoms with Crippen LogP contribution in [0.5, 0.6) is 0 Å². The molecule has 0 saturated carbocycles. The van der Waals surface area contributed by atoms with Crippen LogP contribution in [-0.2, 0) is 0 Å². The summed E-state index contributed by atoms with van der Waals surface area (Å²) in [5.41, 5.74) is 10.0. The first-order valence-corrected chi connectivity index (χ1v) is 5.54. The van der Waals surface area contributed by atoms with E-state index in [-0.39, 0.29) is 5.71 Å². The van der Waals surface area contributed by atoms with Crippen LogP contribution in [0.4, 0.5) is 5.69 Å². The molecule has 0 aliphatic carbocycles. The van der Waals surface area contributed by atoms with Crippen molar-refractivity contribution in [2.75, 3.05) is 5.43 Å². The molecule has 0 bridgehead atoms. The van der Waals surface area contributed by atoms with E-state index in [0.29, 0.717) is 11.5 Å². The minimum atomic E-state index is -0.396. The molecule has 0 atom stereocenters. The number of aromatic nitrogens is 4. The molecule has 0 spiro atoms. The molecule has 0 aliphatic rings. The SMILES string of the molecule is Cc1ccc(-c2nn[nH]n2)cc1N/N=C(\C#N)C(=N)N. The molecular formula is C11H11N9. The molecule has 0 aliphatic heterocycles. The van der Waals surface area contributed by atoms with Gasteiger partial charge in [0.2, 0.25) is 11.5 Å². The number of tetrazole rings is 1. The van der Waals surface area contributed by atoms with Gasteiger partial charge in [-0.3, -0.25) is 10.8 Å². The largest absolute Gasteiger partial charge is 0.382 e. The summed E-state index contributed by atoms with van der Waals surface area (Å²) in [6.45, 7) is 1.87. The normalized spacial score (nSPS) is 10.9. The molecule has 1 heterocycles. The first-order valence-electron chi connectivity index (χ1n) is 5.54. The smallest absolute Gasteiger partial charge is 0.204 e. The lowest BCUT2D eigenvalue weighted by Crippen LogP contribution is -2.21. The van der Waals surface area contributed by atoms with Crippen LogP contribution in [0.2, 0.25) is 0 Å². The molecule has 0 fully saturated rings. The van der Waals surface area contributed by atoms with E-state index in [1.54, 1.807) is 12.1 Å². The number of hydrogen-bond acceptors (Lipinski definition) is 7. The molecule has 1 aromatic heterocycles. The number of nitrogens with two attached hydrogens (primary N) is 1. The molecule has 0 saturated heterocycles. The number of hydrazone groups is 1. The van der Waals surface area contributed by atoms with E-state index in [9.17, 15) is 0 Å². The molecule has 2 aromatic rings. The standard InChI is InChI=1S/C11H11N9/c1-6-2-3-7(11-17-19-20-18-11)4-8(6)15-16-9(5-12)10(13)14/h2-4,15H,1H3,(H3,13,14)(H,17,18,19,20)/b16-9+. The number of nitrogens with zero attached hydrogens (tertiary/aromatic N) is 5. The highest BCUT2D eigenvalue weighted by Gasteiger charge is 2.07. The van der Waals surface area contributed by atoms with Crippen molar-refractivity contribution in [3.8, 4) is 17.5 Å². The Morgan fingerprint density at radius 3 is 2.95 bits per heavy atom. The zero-order chi connectivity index (χ0) is 14.5. The van der Waals surface area contributed by atoms with Gasteiger partial charge < -0.3 is 5.73 Å². The summed E-state index contributed by atoms with van der Waals surface area (Å²) in [4.78, 5) is 0. The molecular weight excluding hydrogens is 258 g/mol. The molecule has 1 aromatic carbocycles. The number of H-pyrrole nitrogens is 1. The van der Waals surface area contributed by atoms with E-state index in [1.807, 2.05) is 19.1 Å². The second-order valence-electron chi connectivity index (χ2n) is 3.86. The molecule has 9 heteroatoms. The number of benzene rings is 1. The number of aromatic amines is 1. The summed E-state index contributed by atoms with van der Waals surface area (Å²) < 4.78 is 0. The number of amidine groups is 1. The van der Waals surface area contributed by atoms with Gasteiger partial charge in [-0.25, -0.2) is 0 Å². The van der Waals surface area contributed by atoms with Crippen LogP contribution in [0, 0.1) is 23.7 Å². The van der Waals surface area contributed by atoms with Gasteiger partial charge in [0.15, 0.2) is 5.84 Å². The first kappa shape index (κ1) is 13.2. The van der Waals surface area contributed by atoms with Gasteiger partial charge in [0.05, 0.1) is 5.69 Å². The van der Waals surface area contributed by atoms with Crippen molar-refractivity contribution >= 4 is 17.2 Å². The number of nitrogens with one attached hydrogen (secondary N) is 3. The highest BCUT2D eigenvalue weighted by atomic mass is 15.5. The van der Waals surface area contributed by atoms with Gasteiger partial charge in [-0.05, 0) is 23.8 Å². The predicted octanol–water partition coefficient (Wildman–Crippen LogP) is 0.403. The zero-order valence-electron chi connectivity index (χ0n) is 10.5. The van der Waals surface area contributed by atoms with Crippen molar-refractivity contribution < 1.29 is 0 Å². The van der Waals surface area contributed by atoms with Crippen LogP contribution in [0.1, 0.15) is 5.56 Å². The molecule has 20 heavy (non-hydrogen) atoms. The fourth-order valence-corrected chi connectivity index (χ4v) is 1.43. The van der Waals surface area contributed by atoms with E-state index in [4.69, 9.17) is 16.4 Å². The molecule has 0 amide bonds. The van der Waals surface area contributed by atoms with Gasteiger partial charge in [-0.2, -0.15) is 15.6 Å². The third-order valence-electron chi connectivity index (χ3n) is 2.49. The maximum Gasteiger partial charge on any atom is 0.204 e. The molecule has 0 radical (unpaired) electrons. The lowest BCUT2D eigenvalue weighted by molar-refractivity contribution is 0.881. The summed E-state index contributed by atoms with van der Waals surface area (Å²) >= 11 is 0. The van der Waals surface area contributed by atoms with Crippen LogP contribution >= 0.6 is 0 Å². The highest BCUT2D eigenvalue weighted by molar-refractivity contribution is 6.45. The Labute approximate surface area is 114 Å². The third kappa shape index (κ3) is 2.75. The molecule has 9 nitrogen and oxygen atoms in total. The van der Waals surface area contributed by atoms with Crippen molar-refractivity contribution in [2.24, 2.45) is 10.8 Å². The van der Waals surface area contributed by atoms with Crippen molar-refractivity contribution in [1.29, 1.82) is 10.7 Å². The van der Waals surface area contributed by atoms with Crippen LogP contribution in [0.25, 0.3) is 11.4 Å². The van der Waals surface area contributed by atoms with E-state index < -0.39 is 5.84 Å². The van der Waals surface area contributed by atoms with Gasteiger partial charge in [0, 0.05) is 5.56 Å². The van der Waals surface area contributed by atoms with Crippen molar-refractivity contribution in [3.63, 3.8) is 0 Å². The Morgan fingerprint density at radius 1 is 1.55 bits per heavy atom. The Morgan fingerprint density at radius 2 is 2.35 bits per heavy atom. The fourth-order valence-electron chi connectivity index (χ4n) is 1.43. The average molecular weight is 269 g/mol. The van der Waals surface area contributed by atoms with Crippen LogP contribution < -0.4 is 11.2 Å². The maximum absolute atomic E-state index is 8.77. The number of aryl methyl sites for hydroxylation is 1. The average Bonchev–Trinajstić information content (AvgIpc) is 2.95. The minimum Gasteiger partial charge on any atom is -0.382 e. The second kappa shape index (κ2) is 5.57. The number of rotatable bonds is 4. The second-order valence-corrected chi connectivity index (χ2v) is 3.86. The summed E-state index contributed by atoms with van der Waals surface area (Å²) in [5.74, 6) is 0.0519. The summed E-state index contributed by atoms with van der Waals surface area (Å²) in [6, 6.07) is 7.18. The maximum atomic E-state index is 8.77. The van der Waals surface area contributed by atoms with Crippen molar-refractivity contribution in [3.05, 3.63) is 23.8 Å². The molecule has 100 valence electrons. The summed E-state index contributed by atoms with van der Waals surface area (Å²) in [5, 5.41) is 33.4. The molecule has 2 rings (SSSR count). The zero-order valence-corrected chi connectivity index (χ0v) is 10.5. The first-order chi connectivity index (χ1) is 9.61. The van der Waals surface area contributed by atoms with Crippen molar-refractivity contribution in [1.82, 2.24) is 20.6 Å². The van der Waals surface area contributed by atoms with Gasteiger partial charge in [0.25, 0.3) is 0 Å². The Kier molecular flexibility index (Phi) is 3.67. The Balaban J connectivity index is 2.31. The van der Waals surface area contributed by atoms with Crippen molar-refractivity contribution in [2.45, 2.75) is 6.92 Å². The minimum absolute atomic E-state index is 0.186. The van der Waals surface area contributed by atoms with E-state index in [2.05, 4.69) is 31.2 Å². The van der Waals surface area contributed by atoms with Gasteiger partial charge in [-0.15, -0.1) is 10.2 Å². The lowest BCUT2D eigenvalue weighted by Gasteiger charge is -2.06. The lowest BCUT2D eigenvalue weighted by atomic mass is 10.1. The fraction of sp³-hybridized carbons (Fsp3) is 0.0909. The molecule has 0 unspecified atom stereocenters. The van der Waals surface area contributed by atoms with Crippen LogP contribution in [0.15, 0.2) is 23.3 Å². The predicted molar refractivity (Wildman–Crippen MR) is 72.9 cm³/mol. The monoisotopic (exact) mass is 269 g/mol. The van der Waals surface area contributed by atoms with Gasteiger partial charge >= 0.3 is 0 Å². The molecule has 5 N–H and O–H groups in total. The van der Waals surface area contributed by atoms with E-state index in [1.165, 1.54) is 0 Å². The van der Waals surface area contributed by atoms with E-state index in [0.717, 1.165) is 11.1 Å². The number of hydrogen-bond donors (Lipinski definition) is 4.